The lowest BCUT2D eigenvalue weighted by Crippen LogP contribution is -2.38. The van der Waals surface area contributed by atoms with Crippen LogP contribution in [0.3, 0.4) is 0 Å². The highest BCUT2D eigenvalue weighted by Crippen LogP contribution is 2.25. The van der Waals surface area contributed by atoms with Gasteiger partial charge in [0.25, 0.3) is 0 Å². The van der Waals surface area contributed by atoms with Crippen molar-refractivity contribution in [3.63, 3.8) is 0 Å². The van der Waals surface area contributed by atoms with Gasteiger partial charge in [0.2, 0.25) is 0 Å². The van der Waals surface area contributed by atoms with Crippen molar-refractivity contribution >= 4 is 29.2 Å². The number of nitrogens with zero attached hydrogens (tertiary/aromatic N) is 5. The number of nitrogens with one attached hydrogen (secondary N) is 2. The monoisotopic (exact) mass is 415 g/mol. The molecular formula is C17H27Cl2N7O. The predicted molar refractivity (Wildman–Crippen MR) is 108 cm³/mol. The molecule has 0 atom stereocenters. The van der Waals surface area contributed by atoms with E-state index in [2.05, 4.69) is 25.8 Å². The Morgan fingerprint density at radius 3 is 2.59 bits per heavy atom. The van der Waals surface area contributed by atoms with Gasteiger partial charge in [0.05, 0.1) is 18.1 Å². The highest BCUT2D eigenvalue weighted by atomic mass is 35.5. The van der Waals surface area contributed by atoms with E-state index in [-0.39, 0.29) is 0 Å². The maximum Gasteiger partial charge on any atom is 0.192 e. The molecule has 0 saturated heterocycles. The highest BCUT2D eigenvalue weighted by Gasteiger charge is 2.10. The molecule has 2 aromatic rings. The highest BCUT2D eigenvalue weighted by molar-refractivity contribution is 6.41. The van der Waals surface area contributed by atoms with E-state index >= 15 is 0 Å². The number of hydrogen-bond acceptors (Lipinski definition) is 4. The fourth-order valence-corrected chi connectivity index (χ4v) is 2.78. The zero-order valence-corrected chi connectivity index (χ0v) is 17.7. The van der Waals surface area contributed by atoms with E-state index in [4.69, 9.17) is 27.9 Å². The van der Waals surface area contributed by atoms with E-state index in [1.54, 1.807) is 0 Å². The van der Waals surface area contributed by atoms with Gasteiger partial charge in [-0.05, 0) is 26.3 Å². The van der Waals surface area contributed by atoms with Gasteiger partial charge in [-0.3, -0.25) is 0 Å². The quantitative estimate of drug-likeness (QED) is 0.373. The lowest BCUT2D eigenvalue weighted by molar-refractivity contribution is 0.145. The summed E-state index contributed by atoms with van der Waals surface area (Å²) in [6.45, 7) is 7.05. The molecule has 27 heavy (non-hydrogen) atoms. The van der Waals surface area contributed by atoms with Crippen molar-refractivity contribution in [3.8, 4) is 0 Å². The molecule has 2 aromatic heterocycles. The Morgan fingerprint density at radius 1 is 1.22 bits per heavy atom. The summed E-state index contributed by atoms with van der Waals surface area (Å²) in [5, 5.41) is 15.9. The summed E-state index contributed by atoms with van der Waals surface area (Å²) in [5.41, 5.74) is 0.926. The first kappa shape index (κ1) is 21.5. The van der Waals surface area contributed by atoms with Crippen LogP contribution in [0.1, 0.15) is 30.7 Å². The molecule has 0 unspecified atom stereocenters. The first-order chi connectivity index (χ1) is 12.9. The Balaban J connectivity index is 2.01. The maximum atomic E-state index is 6.13. The van der Waals surface area contributed by atoms with Crippen molar-refractivity contribution < 1.29 is 4.74 Å². The van der Waals surface area contributed by atoms with Gasteiger partial charge < -0.3 is 24.5 Å². The number of aromatic nitrogens is 4. The van der Waals surface area contributed by atoms with Crippen molar-refractivity contribution in [2.45, 2.75) is 33.4 Å². The van der Waals surface area contributed by atoms with Crippen molar-refractivity contribution in [1.82, 2.24) is 30.0 Å². The van der Waals surface area contributed by atoms with E-state index < -0.39 is 0 Å². The average molecular weight is 416 g/mol. The number of hydrogen-bond donors (Lipinski definition) is 2. The molecule has 0 fully saturated rings. The van der Waals surface area contributed by atoms with E-state index in [9.17, 15) is 0 Å². The normalized spacial score (nSPS) is 11.9. The van der Waals surface area contributed by atoms with E-state index in [1.807, 2.05) is 43.1 Å². The minimum Gasteiger partial charge on any atom is -0.382 e. The van der Waals surface area contributed by atoms with Crippen LogP contribution in [-0.4, -0.2) is 45.0 Å². The molecule has 2 heterocycles. The second-order valence-electron chi connectivity index (χ2n) is 6.05. The first-order valence-electron chi connectivity index (χ1n) is 8.88. The molecular weight excluding hydrogens is 389 g/mol. The molecule has 0 bridgehead atoms. The van der Waals surface area contributed by atoms with Crippen molar-refractivity contribution in [3.05, 3.63) is 33.6 Å². The standard InChI is InChI=1S/C17H27Cl2N7O/c1-5-27-8-6-7-20-17(22-11-15-24-23-12(2)25(15)3)21-10-13-9-14(18)16(19)26(13)4/h9H,5-8,10-11H2,1-4H3,(H2,20,21,22). The first-order valence-corrected chi connectivity index (χ1v) is 9.64. The van der Waals surface area contributed by atoms with Crippen LogP contribution in [0.15, 0.2) is 11.1 Å². The molecule has 0 saturated carbocycles. The van der Waals surface area contributed by atoms with Gasteiger partial charge in [-0.1, -0.05) is 23.2 Å². The van der Waals surface area contributed by atoms with E-state index in [0.29, 0.717) is 35.8 Å². The minimum absolute atomic E-state index is 0.446. The van der Waals surface area contributed by atoms with Gasteiger partial charge in [-0.25, -0.2) is 4.99 Å². The number of guanidine groups is 1. The van der Waals surface area contributed by atoms with E-state index in [1.165, 1.54) is 0 Å². The van der Waals surface area contributed by atoms with Gasteiger partial charge in [0.15, 0.2) is 11.8 Å². The Hall–Kier alpha value is -1.77. The van der Waals surface area contributed by atoms with Gasteiger partial charge >= 0.3 is 0 Å². The van der Waals surface area contributed by atoms with Crippen LogP contribution in [0.5, 0.6) is 0 Å². The second kappa shape index (κ2) is 10.5. The van der Waals surface area contributed by atoms with Crippen molar-refractivity contribution in [2.75, 3.05) is 19.8 Å². The van der Waals surface area contributed by atoms with Crippen LogP contribution in [-0.2, 0) is 31.9 Å². The molecule has 0 aromatic carbocycles. The molecule has 2 rings (SSSR count). The molecule has 0 aliphatic heterocycles. The van der Waals surface area contributed by atoms with Crippen LogP contribution in [0.2, 0.25) is 10.2 Å². The topological polar surface area (TPSA) is 81.3 Å². The summed E-state index contributed by atoms with van der Waals surface area (Å²) in [7, 11) is 3.80. The van der Waals surface area contributed by atoms with Crippen molar-refractivity contribution in [1.29, 1.82) is 0 Å². The molecule has 0 radical (unpaired) electrons. The Bertz CT molecular complexity index is 770. The third-order valence-corrected chi connectivity index (χ3v) is 5.02. The Labute approximate surface area is 169 Å². The number of aliphatic imine (C=N–C) groups is 1. The van der Waals surface area contributed by atoms with Gasteiger partial charge in [-0.2, -0.15) is 0 Å². The maximum absolute atomic E-state index is 6.13. The van der Waals surface area contributed by atoms with Crippen LogP contribution in [0, 0.1) is 6.92 Å². The molecule has 8 nitrogen and oxygen atoms in total. The zero-order valence-electron chi connectivity index (χ0n) is 16.2. The predicted octanol–water partition coefficient (Wildman–Crippen LogP) is 2.43. The summed E-state index contributed by atoms with van der Waals surface area (Å²) in [5.74, 6) is 2.38. The second-order valence-corrected chi connectivity index (χ2v) is 6.82. The van der Waals surface area contributed by atoms with E-state index in [0.717, 1.165) is 36.9 Å². The number of halogens is 2. The number of ether oxygens (including phenoxy) is 1. The molecule has 0 amide bonds. The van der Waals surface area contributed by atoms with Crippen LogP contribution in [0.25, 0.3) is 0 Å². The van der Waals surface area contributed by atoms with Crippen LogP contribution in [0.4, 0.5) is 0 Å². The fraction of sp³-hybridized carbons (Fsp3) is 0.588. The molecule has 0 aliphatic rings. The van der Waals surface area contributed by atoms with Crippen LogP contribution < -0.4 is 10.6 Å². The summed E-state index contributed by atoms with van der Waals surface area (Å²) in [4.78, 5) is 4.64. The van der Waals surface area contributed by atoms with Crippen molar-refractivity contribution in [2.24, 2.45) is 19.1 Å². The van der Waals surface area contributed by atoms with Gasteiger partial charge in [-0.15, -0.1) is 10.2 Å². The summed E-state index contributed by atoms with van der Waals surface area (Å²) in [6, 6.07) is 1.83. The summed E-state index contributed by atoms with van der Waals surface area (Å²) < 4.78 is 9.14. The van der Waals surface area contributed by atoms with Gasteiger partial charge in [0.1, 0.15) is 11.0 Å². The summed E-state index contributed by atoms with van der Waals surface area (Å²) in [6.07, 6.45) is 0.888. The smallest absolute Gasteiger partial charge is 0.192 e. The van der Waals surface area contributed by atoms with Crippen LogP contribution >= 0.6 is 23.2 Å². The molecule has 150 valence electrons. The van der Waals surface area contributed by atoms with Gasteiger partial charge in [0, 0.05) is 39.5 Å². The molecule has 2 N–H and O–H groups in total. The summed E-state index contributed by atoms with van der Waals surface area (Å²) >= 11 is 12.2. The Kier molecular flexibility index (Phi) is 8.40. The lowest BCUT2D eigenvalue weighted by atomic mass is 10.4. The average Bonchev–Trinajstić information content (AvgIpc) is 3.10. The SMILES string of the molecule is CCOCCCNC(=NCc1cc(Cl)c(Cl)n1C)NCc1nnc(C)n1C. The molecule has 0 aliphatic carbocycles. The number of aryl methyl sites for hydroxylation is 1. The Morgan fingerprint density at radius 2 is 2.00 bits per heavy atom. The largest absolute Gasteiger partial charge is 0.382 e. The minimum atomic E-state index is 0.446. The number of rotatable bonds is 9. The third-order valence-electron chi connectivity index (χ3n) is 4.17. The third kappa shape index (κ3) is 6.12. The lowest BCUT2D eigenvalue weighted by Gasteiger charge is -2.13. The molecule has 10 heteroatoms. The fourth-order valence-electron chi connectivity index (χ4n) is 2.37. The zero-order chi connectivity index (χ0) is 19.8. The molecule has 0 spiro atoms.